The molecule has 2 heterocycles. The van der Waals surface area contributed by atoms with E-state index >= 15 is 0 Å². The Kier molecular flexibility index (Phi) is 4.92. The van der Waals surface area contributed by atoms with E-state index in [4.69, 9.17) is 11.6 Å². The van der Waals surface area contributed by atoms with Crippen LogP contribution in [0.4, 0.5) is 5.69 Å². The first kappa shape index (κ1) is 18.4. The lowest BCUT2D eigenvalue weighted by molar-refractivity contribution is -0.136. The molecule has 0 aliphatic carbocycles. The summed E-state index contributed by atoms with van der Waals surface area (Å²) in [7, 11) is 0. The first-order valence-corrected chi connectivity index (χ1v) is 10.2. The number of carboxylic acids is 1. The molecule has 0 aromatic heterocycles. The lowest BCUT2D eigenvalue weighted by atomic mass is 9.95. The summed E-state index contributed by atoms with van der Waals surface area (Å²) in [6, 6.07) is 9.14. The number of nitrogens with one attached hydrogen (secondary N) is 1. The van der Waals surface area contributed by atoms with Gasteiger partial charge in [0, 0.05) is 29.8 Å². The summed E-state index contributed by atoms with van der Waals surface area (Å²) in [5, 5.41) is 23.2. The van der Waals surface area contributed by atoms with Crippen LogP contribution in [0, 0.1) is 0 Å². The predicted molar refractivity (Wildman–Crippen MR) is 107 cm³/mol. The number of thioether (sulfide) groups is 1. The molecule has 0 saturated carbocycles. The maximum Gasteiger partial charge on any atom is 0.316 e. The normalized spacial score (nSPS) is 24.8. The number of anilines is 1. The smallest absolute Gasteiger partial charge is 0.316 e. The van der Waals surface area contributed by atoms with Gasteiger partial charge in [-0.05, 0) is 23.9 Å². The number of hydrogen-bond donors (Lipinski definition) is 3. The Morgan fingerprint density at radius 3 is 2.74 bits per heavy atom. The molecular weight excluding hydrogens is 388 g/mol. The van der Waals surface area contributed by atoms with E-state index in [9.17, 15) is 19.8 Å². The fourth-order valence-electron chi connectivity index (χ4n) is 3.86. The van der Waals surface area contributed by atoms with Gasteiger partial charge in [0.15, 0.2) is 0 Å². The molecule has 0 spiro atoms. The fraction of sp³-hybridized carbons (Fsp3) is 0.368. The molecule has 8 heteroatoms. The molecule has 2 aliphatic heterocycles. The van der Waals surface area contributed by atoms with Crippen molar-refractivity contribution in [1.82, 2.24) is 5.32 Å². The summed E-state index contributed by atoms with van der Waals surface area (Å²) in [6.45, 7) is 0.893. The van der Waals surface area contributed by atoms with E-state index in [1.54, 1.807) is 11.0 Å². The Morgan fingerprint density at radius 2 is 2.04 bits per heavy atom. The third-order valence-electron chi connectivity index (χ3n) is 5.13. The van der Waals surface area contributed by atoms with E-state index in [1.165, 1.54) is 0 Å². The van der Waals surface area contributed by atoms with Crippen LogP contribution >= 0.6 is 23.4 Å². The van der Waals surface area contributed by atoms with Gasteiger partial charge in [-0.3, -0.25) is 14.9 Å². The molecule has 3 unspecified atom stereocenters. The summed E-state index contributed by atoms with van der Waals surface area (Å²) in [4.78, 5) is 26.1. The number of rotatable bonds is 3. The highest BCUT2D eigenvalue weighted by Gasteiger charge is 2.39. The molecule has 3 atom stereocenters. The van der Waals surface area contributed by atoms with E-state index in [0.717, 1.165) is 28.1 Å². The molecule has 1 fully saturated rings. The van der Waals surface area contributed by atoms with Crippen molar-refractivity contribution in [3.8, 4) is 5.75 Å². The van der Waals surface area contributed by atoms with E-state index in [-0.39, 0.29) is 17.6 Å². The van der Waals surface area contributed by atoms with Gasteiger partial charge in [-0.25, -0.2) is 0 Å². The molecule has 2 aromatic rings. The van der Waals surface area contributed by atoms with Gasteiger partial charge >= 0.3 is 5.97 Å². The molecule has 2 aliphatic rings. The van der Waals surface area contributed by atoms with Gasteiger partial charge in [-0.1, -0.05) is 24.3 Å². The lowest BCUT2D eigenvalue weighted by Gasteiger charge is -2.30. The quantitative estimate of drug-likeness (QED) is 0.679. The zero-order chi connectivity index (χ0) is 19.1. The third-order valence-corrected chi connectivity index (χ3v) is 6.91. The number of nitrogens with zero attached hydrogens (tertiary/aromatic N) is 1. The molecular formula is C19H19ClN2O4S. The second kappa shape index (κ2) is 7.22. The van der Waals surface area contributed by atoms with E-state index in [2.05, 4.69) is 5.32 Å². The lowest BCUT2D eigenvalue weighted by Crippen LogP contribution is -2.49. The Balaban J connectivity index is 1.72. The van der Waals surface area contributed by atoms with Crippen LogP contribution in [0.3, 0.4) is 0 Å². The molecule has 142 valence electrons. The van der Waals surface area contributed by atoms with Crippen molar-refractivity contribution in [2.75, 3.05) is 23.9 Å². The van der Waals surface area contributed by atoms with Crippen molar-refractivity contribution in [3.05, 3.63) is 35.9 Å². The standard InChI is InChI=1S/C19H19ClN2O4S/c20-8-10-9-22(18(24)17-21-6-5-15(27-17)19(25)26)13-7-14(23)11-3-1-2-4-12(11)16(10)13/h1-4,7,10,15,17,21,23H,5-6,8-9H2,(H,25,26). The van der Waals surface area contributed by atoms with Crippen LogP contribution in [0.15, 0.2) is 30.3 Å². The number of alkyl halides is 1. The number of carboxylic acid groups (broad SMARTS) is 1. The summed E-state index contributed by atoms with van der Waals surface area (Å²) in [5.41, 5.74) is 1.61. The SMILES string of the molecule is O=C(O)C1CCNC(C(=O)N2CC(CCl)c3c2cc(O)c2ccccc32)S1. The van der Waals surface area contributed by atoms with Gasteiger partial charge in [0.1, 0.15) is 16.4 Å². The zero-order valence-electron chi connectivity index (χ0n) is 14.4. The van der Waals surface area contributed by atoms with E-state index in [0.29, 0.717) is 31.1 Å². The predicted octanol–water partition coefficient (Wildman–Crippen LogP) is 2.72. The van der Waals surface area contributed by atoms with E-state index < -0.39 is 16.6 Å². The first-order valence-electron chi connectivity index (χ1n) is 8.75. The number of hydrogen-bond acceptors (Lipinski definition) is 5. The zero-order valence-corrected chi connectivity index (χ0v) is 16.0. The Bertz CT molecular complexity index is 922. The monoisotopic (exact) mass is 406 g/mol. The highest BCUT2D eigenvalue weighted by atomic mass is 35.5. The molecule has 0 radical (unpaired) electrons. The number of amides is 1. The van der Waals surface area contributed by atoms with Crippen LogP contribution in [0.5, 0.6) is 5.75 Å². The molecule has 1 saturated heterocycles. The number of benzene rings is 2. The van der Waals surface area contributed by atoms with Gasteiger partial charge in [-0.15, -0.1) is 23.4 Å². The average Bonchev–Trinajstić information content (AvgIpc) is 3.06. The Hall–Kier alpha value is -1.96. The molecule has 3 N–H and O–H groups in total. The van der Waals surface area contributed by atoms with Gasteiger partial charge in [-0.2, -0.15) is 0 Å². The van der Waals surface area contributed by atoms with Crippen LogP contribution in [0.2, 0.25) is 0 Å². The topological polar surface area (TPSA) is 89.9 Å². The van der Waals surface area contributed by atoms with Gasteiger partial charge in [0.2, 0.25) is 0 Å². The Morgan fingerprint density at radius 1 is 1.30 bits per heavy atom. The van der Waals surface area contributed by atoms with Crippen molar-refractivity contribution in [2.24, 2.45) is 0 Å². The largest absolute Gasteiger partial charge is 0.507 e. The average molecular weight is 407 g/mol. The van der Waals surface area contributed by atoms with E-state index in [1.807, 2.05) is 24.3 Å². The molecule has 0 bridgehead atoms. The number of phenols is 1. The second-order valence-corrected chi connectivity index (χ2v) is 8.38. The number of phenolic OH excluding ortho intramolecular Hbond substituents is 1. The maximum absolute atomic E-state index is 13.2. The van der Waals surface area contributed by atoms with Gasteiger partial charge in [0.25, 0.3) is 5.91 Å². The molecule has 2 aromatic carbocycles. The van der Waals surface area contributed by atoms with Crippen molar-refractivity contribution in [1.29, 1.82) is 0 Å². The third kappa shape index (κ3) is 3.13. The highest BCUT2D eigenvalue weighted by Crippen LogP contribution is 2.45. The van der Waals surface area contributed by atoms with Crippen LogP contribution in [-0.4, -0.2) is 51.7 Å². The summed E-state index contributed by atoms with van der Waals surface area (Å²) in [5.74, 6) is -0.669. The molecule has 1 amide bonds. The van der Waals surface area contributed by atoms with Crippen LogP contribution in [0.25, 0.3) is 10.8 Å². The minimum absolute atomic E-state index is 0.0417. The summed E-state index contributed by atoms with van der Waals surface area (Å²) >= 11 is 7.33. The number of carbonyl (C=O) groups excluding carboxylic acids is 1. The van der Waals surface area contributed by atoms with Crippen molar-refractivity contribution in [3.63, 3.8) is 0 Å². The van der Waals surface area contributed by atoms with Gasteiger partial charge < -0.3 is 15.1 Å². The minimum Gasteiger partial charge on any atom is -0.507 e. The van der Waals surface area contributed by atoms with Crippen LogP contribution in [0.1, 0.15) is 17.9 Å². The van der Waals surface area contributed by atoms with Crippen LogP contribution < -0.4 is 10.2 Å². The number of carbonyl (C=O) groups is 2. The van der Waals surface area contributed by atoms with Gasteiger partial charge in [0.05, 0.1) is 5.69 Å². The summed E-state index contributed by atoms with van der Waals surface area (Å²) in [6.07, 6.45) is 0.482. The number of halogens is 1. The highest BCUT2D eigenvalue weighted by molar-refractivity contribution is 8.01. The number of aliphatic carboxylic acids is 1. The van der Waals surface area contributed by atoms with Crippen molar-refractivity contribution >= 4 is 51.7 Å². The van der Waals surface area contributed by atoms with Crippen molar-refractivity contribution in [2.45, 2.75) is 23.0 Å². The molecule has 4 rings (SSSR count). The van der Waals surface area contributed by atoms with Crippen molar-refractivity contribution < 1.29 is 19.8 Å². The number of aromatic hydroxyl groups is 1. The number of fused-ring (bicyclic) bond motifs is 3. The fourth-order valence-corrected chi connectivity index (χ4v) is 5.26. The van der Waals surface area contributed by atoms with Crippen LogP contribution in [-0.2, 0) is 9.59 Å². The second-order valence-electron chi connectivity index (χ2n) is 6.76. The minimum atomic E-state index is -0.900. The Labute approximate surface area is 165 Å². The summed E-state index contributed by atoms with van der Waals surface area (Å²) < 4.78 is 0. The molecule has 6 nitrogen and oxygen atoms in total. The maximum atomic E-state index is 13.2. The first-order chi connectivity index (χ1) is 13.0. The molecule has 27 heavy (non-hydrogen) atoms.